The van der Waals surface area contributed by atoms with Gasteiger partial charge >= 0.3 is 0 Å². The molecular weight excluding hydrogens is 500 g/mol. The lowest BCUT2D eigenvalue weighted by Gasteiger charge is -2.18. The predicted octanol–water partition coefficient (Wildman–Crippen LogP) is 3.02. The van der Waals surface area contributed by atoms with Gasteiger partial charge in [0.1, 0.15) is 11.1 Å². The minimum atomic E-state index is -3.86. The van der Waals surface area contributed by atoms with Gasteiger partial charge in [-0.05, 0) is 48.7 Å². The van der Waals surface area contributed by atoms with Gasteiger partial charge in [0.25, 0.3) is 0 Å². The van der Waals surface area contributed by atoms with Gasteiger partial charge in [-0.1, -0.05) is 54.1 Å². The maximum atomic E-state index is 13.2. The second-order valence-electron chi connectivity index (χ2n) is 8.83. The van der Waals surface area contributed by atoms with Gasteiger partial charge in [-0.3, -0.25) is 9.52 Å². The lowest BCUT2D eigenvalue weighted by Crippen LogP contribution is -2.31. The molecule has 0 saturated carbocycles. The van der Waals surface area contributed by atoms with E-state index in [-0.39, 0.29) is 17.7 Å². The van der Waals surface area contributed by atoms with Gasteiger partial charge in [-0.2, -0.15) is 0 Å². The Labute approximate surface area is 209 Å². The van der Waals surface area contributed by atoms with Crippen molar-refractivity contribution in [1.82, 2.24) is 19.4 Å². The minimum Gasteiger partial charge on any atom is -0.341 e. The number of rotatable bonds is 7. The number of fused-ring (bicyclic) bond motifs is 1. The molecule has 0 aliphatic carbocycles. The van der Waals surface area contributed by atoms with Crippen LogP contribution in [0.15, 0.2) is 77.7 Å². The molecule has 36 heavy (non-hydrogen) atoms. The Balaban J connectivity index is 1.46. The van der Waals surface area contributed by atoms with Crippen molar-refractivity contribution in [2.45, 2.75) is 36.0 Å². The normalized spacial score (nSPS) is 18.2. The first-order valence-corrected chi connectivity index (χ1v) is 14.3. The third-order valence-electron chi connectivity index (χ3n) is 6.16. The van der Waals surface area contributed by atoms with Crippen LogP contribution in [0.2, 0.25) is 0 Å². The summed E-state index contributed by atoms with van der Waals surface area (Å²) in [6.45, 7) is 1.88. The van der Waals surface area contributed by atoms with Crippen LogP contribution in [-0.2, 0) is 31.3 Å². The quantitative estimate of drug-likeness (QED) is 0.340. The van der Waals surface area contributed by atoms with Gasteiger partial charge in [0.05, 0.1) is 28.4 Å². The Morgan fingerprint density at radius 2 is 1.72 bits per heavy atom. The highest BCUT2D eigenvalue weighted by molar-refractivity contribution is 7.90. The number of amides is 1. The number of imidazole rings is 1. The first-order valence-electron chi connectivity index (χ1n) is 11.3. The molecule has 2 heterocycles. The van der Waals surface area contributed by atoms with Crippen molar-refractivity contribution in [2.24, 2.45) is 0 Å². The first kappa shape index (κ1) is 24.2. The Kier molecular flexibility index (Phi) is 6.15. The Hall–Kier alpha value is -3.54. The number of hydrogen-bond donors (Lipinski definition) is 3. The molecule has 1 amide bonds. The van der Waals surface area contributed by atoms with Gasteiger partial charge in [-0.25, -0.2) is 26.5 Å². The lowest BCUT2D eigenvalue weighted by molar-refractivity contribution is -0.118. The molecule has 1 saturated heterocycles. The van der Waals surface area contributed by atoms with E-state index in [1.807, 2.05) is 35.9 Å². The largest absolute Gasteiger partial charge is 0.341 e. The zero-order valence-electron chi connectivity index (χ0n) is 19.3. The molecule has 3 aromatic carbocycles. The van der Waals surface area contributed by atoms with Crippen LogP contribution in [0, 0.1) is 6.92 Å². The van der Waals surface area contributed by atoms with Crippen LogP contribution in [0.25, 0.3) is 11.0 Å². The number of nitrogens with zero attached hydrogens (tertiary/aromatic N) is 1. The molecule has 1 unspecified atom stereocenters. The summed E-state index contributed by atoms with van der Waals surface area (Å²) in [6.07, 6.45) is 0.138. The van der Waals surface area contributed by atoms with Crippen molar-refractivity contribution in [2.75, 3.05) is 0 Å². The van der Waals surface area contributed by atoms with Crippen LogP contribution in [0.1, 0.15) is 40.2 Å². The molecule has 5 rings (SSSR count). The summed E-state index contributed by atoms with van der Waals surface area (Å²) in [4.78, 5) is 19.5. The molecule has 4 aromatic rings. The number of carbonyl (C=O) groups excluding carboxylic acids is 1. The summed E-state index contributed by atoms with van der Waals surface area (Å²) in [5.74, 6) is -0.0660. The Bertz CT molecular complexity index is 1610. The number of para-hydroxylation sites is 2. The van der Waals surface area contributed by atoms with Gasteiger partial charge in [0.15, 0.2) is 0 Å². The Morgan fingerprint density at radius 1 is 1.03 bits per heavy atom. The molecule has 0 bridgehead atoms. The molecule has 0 spiro atoms. The first-order chi connectivity index (χ1) is 17.1. The summed E-state index contributed by atoms with van der Waals surface area (Å²) >= 11 is 0. The number of hydrogen-bond acceptors (Lipinski definition) is 6. The number of benzene rings is 3. The molecule has 11 heteroatoms. The fourth-order valence-corrected chi connectivity index (χ4v) is 6.88. The summed E-state index contributed by atoms with van der Waals surface area (Å²) in [5, 5.41) is -0.940. The average molecular weight is 525 g/mol. The van der Waals surface area contributed by atoms with Crippen molar-refractivity contribution in [1.29, 1.82) is 0 Å². The maximum Gasteiger partial charge on any atom is 0.242 e. The van der Waals surface area contributed by atoms with Crippen LogP contribution in [0.4, 0.5) is 0 Å². The zero-order valence-corrected chi connectivity index (χ0v) is 20.9. The third kappa shape index (κ3) is 4.90. The number of sulfonamides is 2. The zero-order chi connectivity index (χ0) is 25.5. The highest BCUT2D eigenvalue weighted by Gasteiger charge is 2.37. The highest BCUT2D eigenvalue weighted by atomic mass is 32.2. The van der Waals surface area contributed by atoms with Gasteiger partial charge < -0.3 is 4.98 Å². The van der Waals surface area contributed by atoms with E-state index in [0.29, 0.717) is 16.9 Å². The van der Waals surface area contributed by atoms with Gasteiger partial charge in [0.2, 0.25) is 26.0 Å². The van der Waals surface area contributed by atoms with Crippen LogP contribution in [0.5, 0.6) is 0 Å². The molecule has 3 N–H and O–H groups in total. The van der Waals surface area contributed by atoms with E-state index in [0.717, 1.165) is 16.6 Å². The molecule has 1 aromatic heterocycles. The third-order valence-corrected chi connectivity index (χ3v) is 9.35. The molecule has 2 atom stereocenters. The summed E-state index contributed by atoms with van der Waals surface area (Å²) in [6, 6.07) is 20.1. The average Bonchev–Trinajstić information content (AvgIpc) is 3.38. The van der Waals surface area contributed by atoms with Crippen molar-refractivity contribution >= 4 is 37.0 Å². The molecule has 0 radical (unpaired) electrons. The number of H-pyrrole nitrogens is 1. The number of nitrogens with one attached hydrogen (secondary N) is 3. The van der Waals surface area contributed by atoms with Crippen LogP contribution >= 0.6 is 0 Å². The smallest absolute Gasteiger partial charge is 0.242 e. The molecule has 1 aliphatic rings. The van der Waals surface area contributed by atoms with Crippen LogP contribution in [0.3, 0.4) is 0 Å². The molecule has 1 aliphatic heterocycles. The van der Waals surface area contributed by atoms with Gasteiger partial charge in [-0.15, -0.1) is 0 Å². The second kappa shape index (κ2) is 9.16. The Morgan fingerprint density at radius 3 is 2.36 bits per heavy atom. The standard InChI is InChI=1S/C25H24N4O5S2/c1-16-6-12-19(13-7-16)35(31,32)28-22(25-26-20-4-2-3-5-21(20)27-25)14-17-8-10-18(11-9-17)23-15-24(30)29-36(23,33)34/h2-13,22-23,28H,14-15H2,1H3,(H,26,27)(H,29,30)/t22-,23?/m0/s1. The number of aromatic nitrogens is 2. The van der Waals surface area contributed by atoms with E-state index >= 15 is 0 Å². The maximum absolute atomic E-state index is 13.2. The number of aryl methyl sites for hydroxylation is 1. The number of aromatic amines is 1. The van der Waals surface area contributed by atoms with Crippen LogP contribution < -0.4 is 9.44 Å². The van der Waals surface area contributed by atoms with E-state index in [9.17, 15) is 21.6 Å². The van der Waals surface area contributed by atoms with Gasteiger partial charge in [0, 0.05) is 0 Å². The lowest BCUT2D eigenvalue weighted by atomic mass is 10.0. The molecule has 9 nitrogen and oxygen atoms in total. The second-order valence-corrected chi connectivity index (χ2v) is 12.4. The minimum absolute atomic E-state index is 0.125. The molecule has 186 valence electrons. The summed E-state index contributed by atoms with van der Waals surface area (Å²) < 4.78 is 55.6. The topological polar surface area (TPSA) is 138 Å². The SMILES string of the molecule is Cc1ccc(S(=O)(=O)N[C@@H](Cc2ccc(C3CC(=O)NS3(=O)=O)cc2)c2nc3ccccc3[nH]2)cc1. The van der Waals surface area contributed by atoms with Crippen molar-refractivity contribution in [3.05, 3.63) is 95.3 Å². The summed E-state index contributed by atoms with van der Waals surface area (Å²) in [5.41, 5.74) is 3.71. The van der Waals surface area contributed by atoms with E-state index in [2.05, 4.69) is 14.7 Å². The van der Waals surface area contributed by atoms with E-state index in [1.165, 1.54) is 0 Å². The van der Waals surface area contributed by atoms with E-state index in [4.69, 9.17) is 0 Å². The fourth-order valence-electron chi connectivity index (χ4n) is 4.26. The predicted molar refractivity (Wildman–Crippen MR) is 135 cm³/mol. The highest BCUT2D eigenvalue weighted by Crippen LogP contribution is 2.31. The van der Waals surface area contributed by atoms with E-state index < -0.39 is 37.2 Å². The monoisotopic (exact) mass is 524 g/mol. The van der Waals surface area contributed by atoms with Crippen molar-refractivity contribution in [3.63, 3.8) is 0 Å². The summed E-state index contributed by atoms with van der Waals surface area (Å²) in [7, 11) is -7.61. The fraction of sp³-hybridized carbons (Fsp3) is 0.200. The van der Waals surface area contributed by atoms with E-state index in [1.54, 1.807) is 48.5 Å². The van der Waals surface area contributed by atoms with Crippen LogP contribution in [-0.4, -0.2) is 32.7 Å². The van der Waals surface area contributed by atoms with Crippen molar-refractivity contribution < 1.29 is 21.6 Å². The van der Waals surface area contributed by atoms with Crippen molar-refractivity contribution in [3.8, 4) is 0 Å². The number of carbonyl (C=O) groups is 1. The molecular formula is C25H24N4O5S2. The molecule has 1 fully saturated rings.